The molecule has 1 aliphatic rings. The average Bonchev–Trinajstić information content (AvgIpc) is 2.39. The van der Waals surface area contributed by atoms with Crippen molar-refractivity contribution >= 4 is 12.0 Å². The van der Waals surface area contributed by atoms with Crippen LogP contribution in [-0.4, -0.2) is 54.6 Å². The lowest BCUT2D eigenvalue weighted by Gasteiger charge is -2.36. The van der Waals surface area contributed by atoms with Crippen LogP contribution in [0.3, 0.4) is 0 Å². The van der Waals surface area contributed by atoms with Gasteiger partial charge in [0, 0.05) is 19.6 Å². The third kappa shape index (κ3) is 3.11. The fourth-order valence-electron chi connectivity index (χ4n) is 2.22. The van der Waals surface area contributed by atoms with Crippen LogP contribution in [0, 0.1) is 0 Å². The summed E-state index contributed by atoms with van der Waals surface area (Å²) in [5.74, 6) is -0.301. The number of amides is 2. The number of carbonyl (C=O) groups excluding carboxylic acids is 2. The summed E-state index contributed by atoms with van der Waals surface area (Å²) in [4.78, 5) is 27.3. The second-order valence-electron chi connectivity index (χ2n) is 4.18. The first kappa shape index (κ1) is 13.8. The molecule has 0 spiro atoms. The lowest BCUT2D eigenvalue weighted by Crippen LogP contribution is -2.53. The van der Waals surface area contributed by atoms with Crippen LogP contribution >= 0.6 is 0 Å². The minimum Gasteiger partial charge on any atom is -0.467 e. The maximum Gasteiger partial charge on any atom is 0.328 e. The highest BCUT2D eigenvalue weighted by Gasteiger charge is 2.34. The summed E-state index contributed by atoms with van der Waals surface area (Å²) in [6, 6.07) is -0.452. The van der Waals surface area contributed by atoms with Crippen molar-refractivity contribution < 1.29 is 14.3 Å². The van der Waals surface area contributed by atoms with Crippen LogP contribution in [0.1, 0.15) is 33.1 Å². The Morgan fingerprint density at radius 2 is 1.94 bits per heavy atom. The third-order valence-corrected chi connectivity index (χ3v) is 3.26. The van der Waals surface area contributed by atoms with Gasteiger partial charge in [0.15, 0.2) is 0 Å². The molecule has 2 amide bonds. The van der Waals surface area contributed by atoms with Crippen LogP contribution in [0.25, 0.3) is 0 Å². The molecule has 0 aromatic rings. The minimum absolute atomic E-state index is 0.0508. The number of rotatable bonds is 3. The molecule has 1 rings (SSSR count). The molecule has 1 unspecified atom stereocenters. The van der Waals surface area contributed by atoms with Crippen molar-refractivity contribution in [2.45, 2.75) is 39.2 Å². The standard InChI is InChI=1S/C12H22N2O3/c1-4-13(5-2)12(16)14-9-7-6-8-10(14)11(15)17-3/h10H,4-9H2,1-3H3. The zero-order chi connectivity index (χ0) is 12.8. The van der Waals surface area contributed by atoms with Gasteiger partial charge in [-0.15, -0.1) is 0 Å². The van der Waals surface area contributed by atoms with Gasteiger partial charge in [-0.3, -0.25) is 0 Å². The number of likely N-dealkylation sites (tertiary alicyclic amines) is 1. The van der Waals surface area contributed by atoms with E-state index in [-0.39, 0.29) is 12.0 Å². The van der Waals surface area contributed by atoms with Crippen LogP contribution < -0.4 is 0 Å². The van der Waals surface area contributed by atoms with Crippen LogP contribution in [0.4, 0.5) is 4.79 Å². The summed E-state index contributed by atoms with van der Waals surface area (Å²) in [6.07, 6.45) is 2.64. The normalized spacial score (nSPS) is 19.9. The number of hydrogen-bond acceptors (Lipinski definition) is 3. The second kappa shape index (κ2) is 6.47. The molecule has 1 saturated heterocycles. The van der Waals surface area contributed by atoms with Gasteiger partial charge in [-0.2, -0.15) is 0 Å². The van der Waals surface area contributed by atoms with E-state index in [1.54, 1.807) is 9.80 Å². The van der Waals surface area contributed by atoms with E-state index in [0.717, 1.165) is 12.8 Å². The zero-order valence-electron chi connectivity index (χ0n) is 10.9. The average molecular weight is 242 g/mol. The summed E-state index contributed by atoms with van der Waals surface area (Å²) in [5, 5.41) is 0. The highest BCUT2D eigenvalue weighted by molar-refractivity contribution is 5.83. The maximum absolute atomic E-state index is 12.2. The maximum atomic E-state index is 12.2. The number of urea groups is 1. The van der Waals surface area contributed by atoms with Crippen molar-refractivity contribution in [3.63, 3.8) is 0 Å². The smallest absolute Gasteiger partial charge is 0.328 e. The van der Waals surface area contributed by atoms with Crippen LogP contribution in [0.2, 0.25) is 0 Å². The van der Waals surface area contributed by atoms with E-state index < -0.39 is 6.04 Å². The topological polar surface area (TPSA) is 49.9 Å². The highest BCUT2D eigenvalue weighted by atomic mass is 16.5. The predicted molar refractivity (Wildman–Crippen MR) is 64.7 cm³/mol. The Morgan fingerprint density at radius 3 is 2.47 bits per heavy atom. The number of nitrogens with zero attached hydrogens (tertiary/aromatic N) is 2. The number of piperidine rings is 1. The monoisotopic (exact) mass is 242 g/mol. The molecule has 0 saturated carbocycles. The molecule has 0 aromatic carbocycles. The zero-order valence-corrected chi connectivity index (χ0v) is 10.9. The minimum atomic E-state index is -0.401. The Morgan fingerprint density at radius 1 is 1.29 bits per heavy atom. The molecule has 1 fully saturated rings. The van der Waals surface area contributed by atoms with Crippen molar-refractivity contribution in [2.24, 2.45) is 0 Å². The fraction of sp³-hybridized carbons (Fsp3) is 0.833. The fourth-order valence-corrected chi connectivity index (χ4v) is 2.22. The molecule has 0 bridgehead atoms. The van der Waals surface area contributed by atoms with Crippen LogP contribution in [0.15, 0.2) is 0 Å². The highest BCUT2D eigenvalue weighted by Crippen LogP contribution is 2.19. The van der Waals surface area contributed by atoms with Crippen molar-refractivity contribution in [3.8, 4) is 0 Å². The third-order valence-electron chi connectivity index (χ3n) is 3.26. The molecule has 98 valence electrons. The van der Waals surface area contributed by atoms with Gasteiger partial charge >= 0.3 is 12.0 Å². The molecular formula is C12H22N2O3. The molecule has 5 heteroatoms. The number of hydrogen-bond donors (Lipinski definition) is 0. The molecule has 0 radical (unpaired) electrons. The van der Waals surface area contributed by atoms with Crippen LogP contribution in [-0.2, 0) is 9.53 Å². The number of ether oxygens (including phenoxy) is 1. The van der Waals surface area contributed by atoms with E-state index in [1.807, 2.05) is 13.8 Å². The Bertz CT molecular complexity index is 277. The number of carbonyl (C=O) groups is 2. The Kier molecular flexibility index (Phi) is 5.25. The van der Waals surface area contributed by atoms with Gasteiger partial charge in [0.25, 0.3) is 0 Å². The number of methoxy groups -OCH3 is 1. The Balaban J connectivity index is 2.76. The van der Waals surface area contributed by atoms with E-state index in [4.69, 9.17) is 4.74 Å². The van der Waals surface area contributed by atoms with Crippen molar-refractivity contribution in [3.05, 3.63) is 0 Å². The number of esters is 1. The van der Waals surface area contributed by atoms with Gasteiger partial charge in [0.2, 0.25) is 0 Å². The molecular weight excluding hydrogens is 220 g/mol. The Hall–Kier alpha value is -1.26. The largest absolute Gasteiger partial charge is 0.467 e. The van der Waals surface area contributed by atoms with Crippen molar-refractivity contribution in [2.75, 3.05) is 26.7 Å². The van der Waals surface area contributed by atoms with E-state index in [2.05, 4.69) is 0 Å². The molecule has 5 nitrogen and oxygen atoms in total. The summed E-state index contributed by atoms with van der Waals surface area (Å²) in [6.45, 7) is 5.87. The first-order chi connectivity index (χ1) is 8.15. The summed E-state index contributed by atoms with van der Waals surface area (Å²) in [5.41, 5.74) is 0. The summed E-state index contributed by atoms with van der Waals surface area (Å²) in [7, 11) is 1.37. The first-order valence-corrected chi connectivity index (χ1v) is 6.29. The lowest BCUT2D eigenvalue weighted by molar-refractivity contribution is -0.147. The van der Waals surface area contributed by atoms with Gasteiger partial charge in [0.1, 0.15) is 6.04 Å². The van der Waals surface area contributed by atoms with E-state index in [9.17, 15) is 9.59 Å². The second-order valence-corrected chi connectivity index (χ2v) is 4.18. The van der Waals surface area contributed by atoms with Crippen LogP contribution in [0.5, 0.6) is 0 Å². The van der Waals surface area contributed by atoms with E-state index in [0.29, 0.717) is 26.1 Å². The molecule has 0 aromatic heterocycles. The summed E-state index contributed by atoms with van der Waals surface area (Å²) >= 11 is 0. The van der Waals surface area contributed by atoms with Gasteiger partial charge in [0.05, 0.1) is 7.11 Å². The summed E-state index contributed by atoms with van der Waals surface area (Å²) < 4.78 is 4.77. The van der Waals surface area contributed by atoms with E-state index in [1.165, 1.54) is 7.11 Å². The molecule has 1 heterocycles. The van der Waals surface area contributed by atoms with Gasteiger partial charge in [-0.05, 0) is 33.1 Å². The molecule has 1 aliphatic heterocycles. The lowest BCUT2D eigenvalue weighted by atomic mass is 10.0. The van der Waals surface area contributed by atoms with E-state index >= 15 is 0 Å². The SMILES string of the molecule is CCN(CC)C(=O)N1CCCCC1C(=O)OC. The molecule has 1 atom stereocenters. The van der Waals surface area contributed by atoms with Gasteiger partial charge in [-0.25, -0.2) is 9.59 Å². The molecule has 0 N–H and O–H groups in total. The first-order valence-electron chi connectivity index (χ1n) is 6.29. The molecule has 17 heavy (non-hydrogen) atoms. The predicted octanol–water partition coefficient (Wildman–Crippen LogP) is 1.48. The quantitative estimate of drug-likeness (QED) is 0.704. The van der Waals surface area contributed by atoms with Crippen molar-refractivity contribution in [1.82, 2.24) is 9.80 Å². The molecule has 0 aliphatic carbocycles. The van der Waals surface area contributed by atoms with Gasteiger partial charge in [-0.1, -0.05) is 0 Å². The Labute approximate surface area is 103 Å². The van der Waals surface area contributed by atoms with Gasteiger partial charge < -0.3 is 14.5 Å². The van der Waals surface area contributed by atoms with Crippen molar-refractivity contribution in [1.29, 1.82) is 0 Å².